The molecule has 250 valence electrons. The summed E-state index contributed by atoms with van der Waals surface area (Å²) in [5, 5.41) is 2.61. The van der Waals surface area contributed by atoms with Crippen molar-refractivity contribution in [3.8, 4) is 22.3 Å². The molecule has 10 rings (SSSR count). The van der Waals surface area contributed by atoms with Gasteiger partial charge in [0.2, 0.25) is 0 Å². The Labute approximate surface area is 309 Å². The maximum absolute atomic E-state index is 7.48. The van der Waals surface area contributed by atoms with Crippen LogP contribution in [0.25, 0.3) is 37.9 Å². The van der Waals surface area contributed by atoms with E-state index in [1.54, 1.807) is 0 Å². The van der Waals surface area contributed by atoms with E-state index in [1.807, 2.05) is 30.6 Å². The highest BCUT2D eigenvalue weighted by Gasteiger charge is 2.50. The van der Waals surface area contributed by atoms with Crippen LogP contribution >= 0.6 is 0 Å². The summed E-state index contributed by atoms with van der Waals surface area (Å²) in [5.41, 5.74) is 14.9. The highest BCUT2D eigenvalue weighted by molar-refractivity contribution is 6.11. The van der Waals surface area contributed by atoms with Crippen LogP contribution in [0.3, 0.4) is 0 Å². The number of hydrogen-bond donors (Lipinski definition) is 0. The van der Waals surface area contributed by atoms with Crippen LogP contribution in [0.2, 0.25) is 0 Å². The van der Waals surface area contributed by atoms with Crippen LogP contribution < -0.4 is 9.80 Å². The van der Waals surface area contributed by atoms with Crippen LogP contribution in [0.5, 0.6) is 0 Å². The maximum atomic E-state index is 7.48. The highest BCUT2D eigenvalue weighted by atomic mass is 15.1. The van der Waals surface area contributed by atoms with Gasteiger partial charge in [0, 0.05) is 51.6 Å². The molecule has 4 nitrogen and oxygen atoms in total. The van der Waals surface area contributed by atoms with E-state index in [0.29, 0.717) is 5.69 Å². The molecule has 4 heteroatoms. The van der Waals surface area contributed by atoms with Crippen molar-refractivity contribution in [3.05, 3.63) is 205 Å². The molecule has 0 radical (unpaired) electrons. The Balaban J connectivity index is 1.13. The van der Waals surface area contributed by atoms with E-state index in [-0.39, 0.29) is 5.41 Å². The molecule has 0 unspecified atom stereocenters. The first kappa shape index (κ1) is 30.8. The molecule has 0 amide bonds. The van der Waals surface area contributed by atoms with Crippen LogP contribution in [-0.2, 0) is 5.41 Å². The normalized spacial score (nSPS) is 13.3. The first-order valence-corrected chi connectivity index (χ1v) is 18.1. The Hall–Kier alpha value is -6.96. The number of aromatic nitrogens is 1. The van der Waals surface area contributed by atoms with Gasteiger partial charge < -0.3 is 9.80 Å². The molecule has 0 N–H and O–H groups in total. The van der Waals surface area contributed by atoms with E-state index in [2.05, 4.69) is 171 Å². The standard InChI is InChI=1S/C49H34N4/c1-50-36-19-23-39(24-20-36)52(37-11-4-2-5-12-37)41-25-26-42-43-27-28-47(44-15-8-16-45(48(43)44)49(29-30-49)46(42)32-41)53(38-13-6-3-7-14-38)40-21-17-34(18-22-40)35-10-9-31-51-33-35/h2-28,31-33H,29-30H2. The molecule has 53 heavy (non-hydrogen) atoms. The molecule has 1 saturated carbocycles. The van der Waals surface area contributed by atoms with E-state index in [0.717, 1.165) is 52.4 Å². The fourth-order valence-electron chi connectivity index (χ4n) is 8.36. The number of pyridine rings is 1. The predicted molar refractivity (Wildman–Crippen MR) is 218 cm³/mol. The fraction of sp³-hybridized carbons (Fsp3) is 0.0612. The molecule has 1 aromatic heterocycles. The number of nitrogens with zero attached hydrogens (tertiary/aromatic N) is 4. The molecule has 2 aliphatic rings. The molecule has 7 aromatic carbocycles. The van der Waals surface area contributed by atoms with Gasteiger partial charge in [0.15, 0.2) is 5.69 Å². The van der Waals surface area contributed by atoms with Crippen LogP contribution in [-0.4, -0.2) is 4.98 Å². The lowest BCUT2D eigenvalue weighted by Gasteiger charge is -2.34. The largest absolute Gasteiger partial charge is 0.311 e. The summed E-state index contributed by atoms with van der Waals surface area (Å²) < 4.78 is 0. The number of anilines is 6. The topological polar surface area (TPSA) is 23.7 Å². The van der Waals surface area contributed by atoms with Gasteiger partial charge in [-0.3, -0.25) is 4.98 Å². The van der Waals surface area contributed by atoms with Crippen molar-refractivity contribution in [1.29, 1.82) is 0 Å². The first-order chi connectivity index (χ1) is 26.2. The van der Waals surface area contributed by atoms with E-state index in [9.17, 15) is 0 Å². The van der Waals surface area contributed by atoms with Gasteiger partial charge in [-0.05, 0) is 124 Å². The fourth-order valence-corrected chi connectivity index (χ4v) is 8.36. The van der Waals surface area contributed by atoms with Gasteiger partial charge in [-0.1, -0.05) is 97.1 Å². The van der Waals surface area contributed by atoms with Crippen LogP contribution in [0.15, 0.2) is 182 Å². The summed E-state index contributed by atoms with van der Waals surface area (Å²) in [6.45, 7) is 7.48. The molecule has 0 bridgehead atoms. The van der Waals surface area contributed by atoms with Gasteiger partial charge in [0.05, 0.1) is 12.3 Å². The second-order valence-electron chi connectivity index (χ2n) is 13.9. The Morgan fingerprint density at radius 2 is 1.15 bits per heavy atom. The van der Waals surface area contributed by atoms with Crippen molar-refractivity contribution < 1.29 is 0 Å². The number of fused-ring (bicyclic) bond motifs is 4. The number of benzene rings is 7. The molecule has 1 spiro atoms. The third kappa shape index (κ3) is 5.09. The van der Waals surface area contributed by atoms with E-state index in [1.165, 1.54) is 38.7 Å². The monoisotopic (exact) mass is 678 g/mol. The Kier molecular flexibility index (Phi) is 7.19. The van der Waals surface area contributed by atoms with E-state index >= 15 is 0 Å². The highest BCUT2D eigenvalue weighted by Crippen LogP contribution is 2.62. The molecule has 0 saturated heterocycles. The summed E-state index contributed by atoms with van der Waals surface area (Å²) in [7, 11) is 0. The number of para-hydroxylation sites is 2. The van der Waals surface area contributed by atoms with Crippen molar-refractivity contribution in [2.24, 2.45) is 0 Å². The lowest BCUT2D eigenvalue weighted by molar-refractivity contribution is 0.853. The van der Waals surface area contributed by atoms with Crippen LogP contribution in [0, 0.1) is 6.57 Å². The van der Waals surface area contributed by atoms with E-state index in [4.69, 9.17) is 6.57 Å². The third-order valence-electron chi connectivity index (χ3n) is 11.0. The minimum absolute atomic E-state index is 0.0320. The van der Waals surface area contributed by atoms with Crippen molar-refractivity contribution in [2.75, 3.05) is 9.80 Å². The minimum atomic E-state index is -0.0320. The first-order valence-electron chi connectivity index (χ1n) is 18.1. The van der Waals surface area contributed by atoms with Gasteiger partial charge in [-0.25, -0.2) is 4.85 Å². The molecular formula is C49H34N4. The van der Waals surface area contributed by atoms with Crippen molar-refractivity contribution in [2.45, 2.75) is 18.3 Å². The zero-order chi connectivity index (χ0) is 35.4. The average Bonchev–Trinajstić information content (AvgIpc) is 4.04. The average molecular weight is 679 g/mol. The molecule has 1 fully saturated rings. The number of rotatable bonds is 7. The Morgan fingerprint density at radius 1 is 0.509 bits per heavy atom. The molecule has 1 heterocycles. The summed E-state index contributed by atoms with van der Waals surface area (Å²) in [6, 6.07) is 60.6. The SMILES string of the molecule is [C-]#[N+]c1ccc(N(c2ccccc2)c2ccc3c(c2)C2(CC2)c2cccc4c(N(c5ccccc5)c5ccc(-c6cccnc6)cc5)ccc-3c24)cc1. The molecule has 2 aliphatic carbocycles. The summed E-state index contributed by atoms with van der Waals surface area (Å²) in [6.07, 6.45) is 5.97. The third-order valence-corrected chi connectivity index (χ3v) is 11.0. The molecule has 0 aliphatic heterocycles. The smallest absolute Gasteiger partial charge is 0.187 e. The van der Waals surface area contributed by atoms with Crippen molar-refractivity contribution in [3.63, 3.8) is 0 Å². The van der Waals surface area contributed by atoms with Crippen LogP contribution in [0.4, 0.5) is 39.8 Å². The lowest BCUT2D eigenvalue weighted by Crippen LogP contribution is -2.18. The zero-order valence-corrected chi connectivity index (χ0v) is 29.0. The van der Waals surface area contributed by atoms with Gasteiger partial charge in [0.1, 0.15) is 0 Å². The van der Waals surface area contributed by atoms with Crippen molar-refractivity contribution in [1.82, 2.24) is 4.98 Å². The summed E-state index contributed by atoms with van der Waals surface area (Å²) in [5.74, 6) is 0. The van der Waals surface area contributed by atoms with Gasteiger partial charge >= 0.3 is 0 Å². The summed E-state index contributed by atoms with van der Waals surface area (Å²) in [4.78, 5) is 12.7. The Morgan fingerprint density at radius 3 is 1.83 bits per heavy atom. The van der Waals surface area contributed by atoms with Gasteiger partial charge in [0.25, 0.3) is 0 Å². The molecular weight excluding hydrogens is 645 g/mol. The maximum Gasteiger partial charge on any atom is 0.187 e. The van der Waals surface area contributed by atoms with Gasteiger partial charge in [-0.2, -0.15) is 0 Å². The Bertz CT molecular complexity index is 2660. The summed E-state index contributed by atoms with van der Waals surface area (Å²) >= 11 is 0. The molecule has 8 aromatic rings. The zero-order valence-electron chi connectivity index (χ0n) is 29.0. The van der Waals surface area contributed by atoms with Crippen molar-refractivity contribution >= 4 is 50.6 Å². The molecule has 0 atom stereocenters. The minimum Gasteiger partial charge on any atom is -0.311 e. The predicted octanol–water partition coefficient (Wildman–Crippen LogP) is 13.5. The van der Waals surface area contributed by atoms with Crippen LogP contribution in [0.1, 0.15) is 24.0 Å². The number of hydrogen-bond acceptors (Lipinski definition) is 3. The van der Waals surface area contributed by atoms with E-state index < -0.39 is 0 Å². The quantitative estimate of drug-likeness (QED) is 0.157. The second kappa shape index (κ2) is 12.4. The lowest BCUT2D eigenvalue weighted by atomic mass is 9.74. The van der Waals surface area contributed by atoms with Gasteiger partial charge in [-0.15, -0.1) is 0 Å². The second-order valence-corrected chi connectivity index (χ2v) is 13.9.